The first-order valence-corrected chi connectivity index (χ1v) is 11.1. The van der Waals surface area contributed by atoms with E-state index in [1.165, 1.54) is 11.1 Å². The van der Waals surface area contributed by atoms with E-state index in [0.29, 0.717) is 12.3 Å². The Morgan fingerprint density at radius 2 is 2.10 bits per heavy atom. The van der Waals surface area contributed by atoms with Crippen LogP contribution < -0.4 is 0 Å². The lowest BCUT2D eigenvalue weighted by Gasteiger charge is -2.49. The molecule has 0 unspecified atom stereocenters. The van der Waals surface area contributed by atoms with Crippen LogP contribution in [0.1, 0.15) is 85.1 Å². The predicted octanol–water partition coefficient (Wildman–Crippen LogP) is 5.35. The molecule has 0 spiro atoms. The summed E-state index contributed by atoms with van der Waals surface area (Å²) in [5, 5.41) is 10.7. The van der Waals surface area contributed by atoms with E-state index in [4.69, 9.17) is 0 Å². The summed E-state index contributed by atoms with van der Waals surface area (Å²) in [4.78, 5) is 17.3. The largest absolute Gasteiger partial charge is 0.390 e. The number of aliphatic hydroxyl groups is 1. The lowest BCUT2D eigenvalue weighted by molar-refractivity contribution is -0.0340. The van der Waals surface area contributed by atoms with Crippen molar-refractivity contribution >= 4 is 5.78 Å². The fourth-order valence-electron chi connectivity index (χ4n) is 5.89. The van der Waals surface area contributed by atoms with Gasteiger partial charge >= 0.3 is 0 Å². The monoisotopic (exact) mass is 391 g/mol. The van der Waals surface area contributed by atoms with E-state index < -0.39 is 5.60 Å². The van der Waals surface area contributed by atoms with Gasteiger partial charge in [0.2, 0.25) is 0 Å². The molecule has 3 heteroatoms. The number of aromatic nitrogens is 1. The van der Waals surface area contributed by atoms with Crippen LogP contribution in [0.15, 0.2) is 36.5 Å². The SMILES string of the molecule is CC[C@@]12CC[C@@](C)(O)C[C@@H]1CCCc1cc(C(=O)Cc3cccnc3C)ccc12. The molecule has 1 fully saturated rings. The van der Waals surface area contributed by atoms with Crippen molar-refractivity contribution in [3.63, 3.8) is 0 Å². The molecule has 29 heavy (non-hydrogen) atoms. The number of nitrogens with zero attached hydrogens (tertiary/aromatic N) is 1. The number of benzene rings is 1. The van der Waals surface area contributed by atoms with Gasteiger partial charge in [0, 0.05) is 23.9 Å². The average Bonchev–Trinajstić information content (AvgIpc) is 2.85. The molecule has 1 N–H and O–H groups in total. The Labute approximate surface area is 174 Å². The number of rotatable bonds is 4. The highest BCUT2D eigenvalue weighted by atomic mass is 16.3. The van der Waals surface area contributed by atoms with E-state index >= 15 is 0 Å². The van der Waals surface area contributed by atoms with Crippen molar-refractivity contribution in [3.8, 4) is 0 Å². The molecule has 154 valence electrons. The van der Waals surface area contributed by atoms with E-state index in [1.807, 2.05) is 32.0 Å². The number of carbonyl (C=O) groups is 1. The Hall–Kier alpha value is -2.00. The first-order chi connectivity index (χ1) is 13.8. The van der Waals surface area contributed by atoms with Gasteiger partial charge in [0.05, 0.1) is 5.60 Å². The lowest BCUT2D eigenvalue weighted by Crippen LogP contribution is -2.46. The van der Waals surface area contributed by atoms with Gasteiger partial charge in [-0.05, 0) is 98.9 Å². The summed E-state index contributed by atoms with van der Waals surface area (Å²) in [6.45, 7) is 6.26. The molecule has 0 aliphatic heterocycles. The van der Waals surface area contributed by atoms with Gasteiger partial charge in [-0.15, -0.1) is 0 Å². The topological polar surface area (TPSA) is 50.2 Å². The zero-order chi connectivity index (χ0) is 20.6. The molecule has 3 atom stereocenters. The highest BCUT2D eigenvalue weighted by Gasteiger charge is 2.48. The maximum Gasteiger partial charge on any atom is 0.167 e. The van der Waals surface area contributed by atoms with Crippen molar-refractivity contribution in [2.24, 2.45) is 5.92 Å². The summed E-state index contributed by atoms with van der Waals surface area (Å²) < 4.78 is 0. The van der Waals surface area contributed by atoms with Crippen molar-refractivity contribution in [2.45, 2.75) is 83.2 Å². The Morgan fingerprint density at radius 3 is 2.86 bits per heavy atom. The molecular formula is C26H33NO2. The summed E-state index contributed by atoms with van der Waals surface area (Å²) in [5.41, 5.74) is 5.15. The third-order valence-electron chi connectivity index (χ3n) is 7.64. The minimum absolute atomic E-state index is 0.148. The second-order valence-electron chi connectivity index (χ2n) is 9.52. The average molecular weight is 392 g/mol. The number of aryl methyl sites for hydroxylation is 2. The minimum atomic E-state index is -0.536. The lowest BCUT2D eigenvalue weighted by atomic mass is 9.57. The Bertz CT molecular complexity index is 917. The number of hydrogen-bond acceptors (Lipinski definition) is 3. The van der Waals surface area contributed by atoms with Gasteiger partial charge in [-0.25, -0.2) is 0 Å². The number of fused-ring (bicyclic) bond motifs is 3. The molecule has 1 aromatic heterocycles. The van der Waals surface area contributed by atoms with Gasteiger partial charge in [-0.3, -0.25) is 9.78 Å². The summed E-state index contributed by atoms with van der Waals surface area (Å²) in [7, 11) is 0. The number of carbonyl (C=O) groups excluding carboxylic acids is 1. The third kappa shape index (κ3) is 3.77. The van der Waals surface area contributed by atoms with Crippen LogP contribution in [-0.4, -0.2) is 21.5 Å². The van der Waals surface area contributed by atoms with Crippen LogP contribution >= 0.6 is 0 Å². The van der Waals surface area contributed by atoms with Crippen LogP contribution in [0.5, 0.6) is 0 Å². The highest BCUT2D eigenvalue weighted by Crippen LogP contribution is 2.53. The van der Waals surface area contributed by atoms with Crippen LogP contribution in [0.4, 0.5) is 0 Å². The van der Waals surface area contributed by atoms with E-state index in [9.17, 15) is 9.90 Å². The van der Waals surface area contributed by atoms with Crippen LogP contribution in [0.3, 0.4) is 0 Å². The molecular weight excluding hydrogens is 358 g/mol. The van der Waals surface area contributed by atoms with Crippen molar-refractivity contribution < 1.29 is 9.90 Å². The second kappa shape index (κ2) is 7.68. The normalized spacial score (nSPS) is 28.9. The fraction of sp³-hybridized carbons (Fsp3) is 0.538. The fourth-order valence-corrected chi connectivity index (χ4v) is 5.89. The van der Waals surface area contributed by atoms with Crippen molar-refractivity contribution in [3.05, 3.63) is 64.5 Å². The van der Waals surface area contributed by atoms with Gasteiger partial charge in [0.15, 0.2) is 5.78 Å². The van der Waals surface area contributed by atoms with Crippen LogP contribution in [0.25, 0.3) is 0 Å². The van der Waals surface area contributed by atoms with Gasteiger partial charge in [-0.1, -0.05) is 25.1 Å². The first kappa shape index (κ1) is 20.3. The molecule has 3 nitrogen and oxygen atoms in total. The van der Waals surface area contributed by atoms with E-state index in [2.05, 4.69) is 24.0 Å². The molecule has 0 amide bonds. The van der Waals surface area contributed by atoms with Gasteiger partial charge in [-0.2, -0.15) is 0 Å². The maximum atomic E-state index is 13.0. The van der Waals surface area contributed by atoms with Crippen molar-refractivity contribution in [1.29, 1.82) is 0 Å². The number of pyridine rings is 1. The minimum Gasteiger partial charge on any atom is -0.390 e. The van der Waals surface area contributed by atoms with Crippen LogP contribution in [-0.2, 0) is 18.3 Å². The third-order valence-corrected chi connectivity index (χ3v) is 7.64. The number of ketones is 1. The summed E-state index contributed by atoms with van der Waals surface area (Å²) in [5.74, 6) is 0.693. The molecule has 0 saturated heterocycles. The predicted molar refractivity (Wildman–Crippen MR) is 116 cm³/mol. The molecule has 2 aliphatic rings. The van der Waals surface area contributed by atoms with Crippen molar-refractivity contribution in [1.82, 2.24) is 4.98 Å². The van der Waals surface area contributed by atoms with Crippen LogP contribution in [0.2, 0.25) is 0 Å². The van der Waals surface area contributed by atoms with E-state index in [1.54, 1.807) is 6.20 Å². The molecule has 1 aromatic carbocycles. The summed E-state index contributed by atoms with van der Waals surface area (Å²) >= 11 is 0. The molecule has 0 bridgehead atoms. The zero-order valence-corrected chi connectivity index (χ0v) is 18.0. The smallest absolute Gasteiger partial charge is 0.167 e. The quantitative estimate of drug-likeness (QED) is 0.715. The van der Waals surface area contributed by atoms with Crippen molar-refractivity contribution in [2.75, 3.05) is 0 Å². The summed E-state index contributed by atoms with van der Waals surface area (Å²) in [6.07, 6.45) is 9.39. The van der Waals surface area contributed by atoms with Gasteiger partial charge in [0.25, 0.3) is 0 Å². The molecule has 1 heterocycles. The molecule has 0 radical (unpaired) electrons. The molecule has 2 aromatic rings. The van der Waals surface area contributed by atoms with E-state index in [0.717, 1.165) is 61.8 Å². The number of Topliss-reactive ketones (excluding diaryl/α,β-unsaturated/α-hetero) is 1. The summed E-state index contributed by atoms with van der Waals surface area (Å²) in [6, 6.07) is 10.3. The Kier molecular flexibility index (Phi) is 5.37. The highest BCUT2D eigenvalue weighted by molar-refractivity contribution is 5.97. The first-order valence-electron chi connectivity index (χ1n) is 11.1. The van der Waals surface area contributed by atoms with E-state index in [-0.39, 0.29) is 11.2 Å². The Morgan fingerprint density at radius 1 is 1.28 bits per heavy atom. The Balaban J connectivity index is 1.66. The zero-order valence-electron chi connectivity index (χ0n) is 18.0. The standard InChI is InChI=1S/C26H33NO2/c1-4-26-13-12-25(3,29)17-22(26)9-5-7-20-15-21(10-11-23(20)26)24(28)16-19-8-6-14-27-18(19)2/h6,8,10-11,14-15,22,29H,4-5,7,9,12-13,16-17H2,1-3H3/t22-,25+,26+/m0/s1. The van der Waals surface area contributed by atoms with Crippen LogP contribution in [0, 0.1) is 12.8 Å². The number of hydrogen-bond donors (Lipinski definition) is 1. The van der Waals surface area contributed by atoms with Gasteiger partial charge < -0.3 is 5.11 Å². The maximum absolute atomic E-state index is 13.0. The van der Waals surface area contributed by atoms with Gasteiger partial charge in [0.1, 0.15) is 0 Å². The molecule has 1 saturated carbocycles. The second-order valence-corrected chi connectivity index (χ2v) is 9.52. The molecule has 2 aliphatic carbocycles. The molecule has 4 rings (SSSR count).